The van der Waals surface area contributed by atoms with Gasteiger partial charge in [-0.3, -0.25) is 4.90 Å². The number of allylic oxidation sites excluding steroid dienone is 1. The SMILES string of the molecule is C1=C2Cc3ccccc3[C@@H](N3CCOCC3)[C@@H]2CCC1. The number of hydrogen-bond acceptors (Lipinski definition) is 2. The fraction of sp³-hybridized carbons (Fsp3) is 0.556. The first-order valence-corrected chi connectivity index (χ1v) is 8.02. The van der Waals surface area contributed by atoms with Crippen LogP contribution in [0.1, 0.15) is 36.4 Å². The lowest BCUT2D eigenvalue weighted by Crippen LogP contribution is -2.44. The molecule has 1 aromatic carbocycles. The van der Waals surface area contributed by atoms with Gasteiger partial charge in [0, 0.05) is 19.1 Å². The number of morpholine rings is 1. The van der Waals surface area contributed by atoms with Gasteiger partial charge in [-0.05, 0) is 42.7 Å². The van der Waals surface area contributed by atoms with Crippen molar-refractivity contribution in [2.24, 2.45) is 5.92 Å². The van der Waals surface area contributed by atoms with E-state index >= 15 is 0 Å². The Morgan fingerprint density at radius 3 is 2.85 bits per heavy atom. The second-order valence-corrected chi connectivity index (χ2v) is 6.29. The molecule has 106 valence electrons. The van der Waals surface area contributed by atoms with Crippen molar-refractivity contribution in [1.29, 1.82) is 0 Å². The molecule has 0 spiro atoms. The molecule has 0 radical (unpaired) electrons. The minimum absolute atomic E-state index is 0.593. The quantitative estimate of drug-likeness (QED) is 0.725. The van der Waals surface area contributed by atoms with Crippen molar-refractivity contribution < 1.29 is 4.74 Å². The smallest absolute Gasteiger partial charge is 0.0594 e. The second kappa shape index (κ2) is 5.34. The maximum Gasteiger partial charge on any atom is 0.0594 e. The molecule has 3 aliphatic rings. The molecule has 1 heterocycles. The van der Waals surface area contributed by atoms with Crippen LogP contribution >= 0.6 is 0 Å². The summed E-state index contributed by atoms with van der Waals surface area (Å²) in [5, 5.41) is 0. The van der Waals surface area contributed by atoms with Crippen LogP contribution < -0.4 is 0 Å². The Morgan fingerprint density at radius 2 is 1.95 bits per heavy atom. The Kier molecular flexibility index (Phi) is 3.37. The number of ether oxygens (including phenoxy) is 1. The van der Waals surface area contributed by atoms with Crippen molar-refractivity contribution in [1.82, 2.24) is 4.90 Å². The molecule has 20 heavy (non-hydrogen) atoms. The van der Waals surface area contributed by atoms with E-state index in [0.717, 1.165) is 32.2 Å². The standard InChI is InChI=1S/C18H23NO/c1-3-7-16-14(5-1)13-15-6-2-4-8-17(15)18(16)19-9-11-20-12-10-19/h1,3,5-7,17-18H,2,4,8-13H2/t17-,18-/m1/s1. The van der Waals surface area contributed by atoms with Crippen LogP contribution in [0.3, 0.4) is 0 Å². The number of rotatable bonds is 1. The van der Waals surface area contributed by atoms with Gasteiger partial charge in [0.2, 0.25) is 0 Å². The number of hydrogen-bond donors (Lipinski definition) is 0. The Morgan fingerprint density at radius 1 is 1.10 bits per heavy atom. The summed E-state index contributed by atoms with van der Waals surface area (Å²) in [5.74, 6) is 0.747. The fourth-order valence-corrected chi connectivity index (χ4v) is 4.25. The van der Waals surface area contributed by atoms with Gasteiger partial charge in [0.25, 0.3) is 0 Å². The number of nitrogens with zero attached hydrogens (tertiary/aromatic N) is 1. The van der Waals surface area contributed by atoms with E-state index < -0.39 is 0 Å². The first kappa shape index (κ1) is 12.6. The average Bonchev–Trinajstić information content (AvgIpc) is 2.53. The predicted molar refractivity (Wildman–Crippen MR) is 80.7 cm³/mol. The molecule has 1 aliphatic heterocycles. The van der Waals surface area contributed by atoms with Gasteiger partial charge in [-0.15, -0.1) is 0 Å². The summed E-state index contributed by atoms with van der Waals surface area (Å²) >= 11 is 0. The molecule has 1 fully saturated rings. The van der Waals surface area contributed by atoms with Crippen LogP contribution in [0, 0.1) is 5.92 Å². The lowest BCUT2D eigenvalue weighted by Gasteiger charge is -2.45. The highest BCUT2D eigenvalue weighted by molar-refractivity contribution is 5.40. The third kappa shape index (κ3) is 2.11. The third-order valence-corrected chi connectivity index (χ3v) is 5.19. The summed E-state index contributed by atoms with van der Waals surface area (Å²) in [6, 6.07) is 9.69. The van der Waals surface area contributed by atoms with Gasteiger partial charge < -0.3 is 4.74 Å². The van der Waals surface area contributed by atoms with Crippen LogP contribution in [0.5, 0.6) is 0 Å². The monoisotopic (exact) mass is 269 g/mol. The number of fused-ring (bicyclic) bond motifs is 2. The maximum atomic E-state index is 5.56. The molecule has 1 saturated heterocycles. The van der Waals surface area contributed by atoms with Crippen LogP contribution in [0.4, 0.5) is 0 Å². The lowest BCUT2D eigenvalue weighted by molar-refractivity contribution is 0.00229. The molecule has 0 bridgehead atoms. The molecule has 0 saturated carbocycles. The first-order valence-electron chi connectivity index (χ1n) is 8.02. The van der Waals surface area contributed by atoms with Crippen molar-refractivity contribution in [2.75, 3.05) is 26.3 Å². The molecule has 0 unspecified atom stereocenters. The fourth-order valence-electron chi connectivity index (χ4n) is 4.25. The molecule has 2 aliphatic carbocycles. The van der Waals surface area contributed by atoms with E-state index in [4.69, 9.17) is 4.74 Å². The van der Waals surface area contributed by atoms with E-state index in [1.54, 1.807) is 16.7 Å². The van der Waals surface area contributed by atoms with Crippen LogP contribution in [0.25, 0.3) is 0 Å². The lowest BCUT2D eigenvalue weighted by atomic mass is 9.71. The van der Waals surface area contributed by atoms with Gasteiger partial charge in [0.1, 0.15) is 0 Å². The summed E-state index contributed by atoms with van der Waals surface area (Å²) in [6.07, 6.45) is 7.71. The Hall–Kier alpha value is -1.12. The molecule has 0 amide bonds. The van der Waals surface area contributed by atoms with Crippen LogP contribution in [-0.4, -0.2) is 31.2 Å². The second-order valence-electron chi connectivity index (χ2n) is 6.29. The van der Waals surface area contributed by atoms with Gasteiger partial charge in [0.15, 0.2) is 0 Å². The van der Waals surface area contributed by atoms with Gasteiger partial charge in [0.05, 0.1) is 13.2 Å². The average molecular weight is 269 g/mol. The van der Waals surface area contributed by atoms with E-state index in [0.29, 0.717) is 6.04 Å². The summed E-state index contributed by atoms with van der Waals surface area (Å²) in [4.78, 5) is 2.67. The van der Waals surface area contributed by atoms with Crippen molar-refractivity contribution in [3.63, 3.8) is 0 Å². The Bertz CT molecular complexity index is 516. The zero-order valence-electron chi connectivity index (χ0n) is 12.1. The van der Waals surface area contributed by atoms with E-state index in [9.17, 15) is 0 Å². The van der Waals surface area contributed by atoms with Crippen LogP contribution in [0.15, 0.2) is 35.9 Å². The summed E-state index contributed by atoms with van der Waals surface area (Å²) in [6.45, 7) is 3.96. The zero-order chi connectivity index (χ0) is 13.4. The van der Waals surface area contributed by atoms with Crippen molar-refractivity contribution >= 4 is 0 Å². The normalized spacial score (nSPS) is 30.3. The Balaban J connectivity index is 1.75. The molecular formula is C18H23NO. The Labute approximate surface area is 121 Å². The zero-order valence-corrected chi connectivity index (χ0v) is 12.1. The van der Waals surface area contributed by atoms with Gasteiger partial charge in [-0.1, -0.05) is 35.9 Å². The highest BCUT2D eigenvalue weighted by atomic mass is 16.5. The molecule has 1 aromatic rings. The molecule has 2 atom stereocenters. The molecular weight excluding hydrogens is 246 g/mol. The minimum atomic E-state index is 0.593. The largest absolute Gasteiger partial charge is 0.379 e. The summed E-state index contributed by atoms with van der Waals surface area (Å²) in [5.41, 5.74) is 4.83. The predicted octanol–water partition coefficient (Wildman–Crippen LogP) is 3.34. The van der Waals surface area contributed by atoms with Crippen LogP contribution in [0.2, 0.25) is 0 Å². The molecule has 4 rings (SSSR count). The number of benzene rings is 1. The molecule has 0 aromatic heterocycles. The van der Waals surface area contributed by atoms with Gasteiger partial charge in [-0.2, -0.15) is 0 Å². The maximum absolute atomic E-state index is 5.56. The van der Waals surface area contributed by atoms with Gasteiger partial charge in [-0.25, -0.2) is 0 Å². The van der Waals surface area contributed by atoms with Crippen molar-refractivity contribution in [3.8, 4) is 0 Å². The highest BCUT2D eigenvalue weighted by Crippen LogP contribution is 2.45. The highest BCUT2D eigenvalue weighted by Gasteiger charge is 2.37. The summed E-state index contributed by atoms with van der Waals surface area (Å²) in [7, 11) is 0. The van der Waals surface area contributed by atoms with E-state index in [1.165, 1.54) is 25.7 Å². The minimum Gasteiger partial charge on any atom is -0.379 e. The topological polar surface area (TPSA) is 12.5 Å². The first-order chi connectivity index (χ1) is 9.93. The van der Waals surface area contributed by atoms with Crippen LogP contribution in [-0.2, 0) is 11.2 Å². The van der Waals surface area contributed by atoms with E-state index in [1.807, 2.05) is 0 Å². The molecule has 2 nitrogen and oxygen atoms in total. The van der Waals surface area contributed by atoms with Gasteiger partial charge >= 0.3 is 0 Å². The van der Waals surface area contributed by atoms with Crippen molar-refractivity contribution in [2.45, 2.75) is 31.7 Å². The van der Waals surface area contributed by atoms with Crippen molar-refractivity contribution in [3.05, 3.63) is 47.0 Å². The van der Waals surface area contributed by atoms with E-state index in [2.05, 4.69) is 35.2 Å². The molecule has 2 heteroatoms. The summed E-state index contributed by atoms with van der Waals surface area (Å²) < 4.78 is 5.56. The van der Waals surface area contributed by atoms with E-state index in [-0.39, 0.29) is 0 Å². The third-order valence-electron chi connectivity index (χ3n) is 5.19. The molecule has 0 N–H and O–H groups in total.